The highest BCUT2D eigenvalue weighted by atomic mass is 32.2. The summed E-state index contributed by atoms with van der Waals surface area (Å²) in [5.74, 6) is 0.233. The van der Waals surface area contributed by atoms with Gasteiger partial charge in [-0.25, -0.2) is 21.6 Å². The van der Waals surface area contributed by atoms with Crippen LogP contribution in [-0.4, -0.2) is 44.8 Å². The van der Waals surface area contributed by atoms with Crippen molar-refractivity contribution in [2.75, 3.05) is 11.3 Å². The molecule has 0 amide bonds. The second kappa shape index (κ2) is 14.1. The van der Waals surface area contributed by atoms with Crippen LogP contribution >= 0.6 is 11.3 Å². The lowest BCUT2D eigenvalue weighted by Crippen LogP contribution is -2.39. The lowest BCUT2D eigenvalue weighted by molar-refractivity contribution is -0.215. The normalized spacial score (nSPS) is 17.4. The molecule has 0 spiro atoms. The average molecular weight is 688 g/mol. The molecule has 2 aliphatic rings. The van der Waals surface area contributed by atoms with E-state index in [4.69, 9.17) is 4.84 Å². The van der Waals surface area contributed by atoms with Gasteiger partial charge in [-0.1, -0.05) is 62.4 Å². The molecule has 5 rings (SSSR count). The van der Waals surface area contributed by atoms with Gasteiger partial charge in [0.1, 0.15) is 4.21 Å². The molecule has 250 valence electrons. The van der Waals surface area contributed by atoms with Crippen molar-refractivity contribution in [3.05, 3.63) is 76.7 Å². The van der Waals surface area contributed by atoms with E-state index in [9.17, 15) is 21.6 Å². The van der Waals surface area contributed by atoms with Gasteiger partial charge in [-0.15, -0.1) is 16.4 Å². The third-order valence-corrected chi connectivity index (χ3v) is 13.4. The lowest BCUT2D eigenvalue weighted by atomic mass is 9.85. The van der Waals surface area contributed by atoms with Crippen LogP contribution in [0, 0.1) is 11.3 Å². The summed E-state index contributed by atoms with van der Waals surface area (Å²) in [7, 11) is -7.58. The first-order valence-corrected chi connectivity index (χ1v) is 19.8. The molecule has 1 aliphatic carbocycles. The summed E-state index contributed by atoms with van der Waals surface area (Å²) in [6.07, 6.45) is 7.36. The van der Waals surface area contributed by atoms with Crippen LogP contribution in [0.25, 0.3) is 0 Å². The van der Waals surface area contributed by atoms with Gasteiger partial charge in [-0.2, -0.15) is 4.31 Å². The van der Waals surface area contributed by atoms with Crippen LogP contribution in [0.1, 0.15) is 82.9 Å². The maximum Gasteiger partial charge on any atom is 0.330 e. The Labute approximate surface area is 278 Å². The molecular weight excluding hydrogens is 643 g/mol. The van der Waals surface area contributed by atoms with E-state index >= 15 is 0 Å². The monoisotopic (exact) mass is 687 g/mol. The molecule has 9 nitrogen and oxygen atoms in total. The predicted octanol–water partition coefficient (Wildman–Crippen LogP) is 6.96. The Morgan fingerprint density at radius 2 is 1.76 bits per heavy atom. The standard InChI is InChI=1S/C34H45N3O6S3/c1-25(21-26-11-6-5-7-12-26)37(43-33(38)34(2,3)4)24-29-13-8-9-14-31(29)35-45(39,40)30-17-16-28-23-36(19-18-27(28)22-30)46(41,42)32-15-10-20-44-32/h8-10,13-17,20,22,25-26,35H,5-7,11-12,18-19,21,23-24H2,1-4H3/t25-/m0/s1. The summed E-state index contributed by atoms with van der Waals surface area (Å²) in [5.41, 5.74) is 2.01. The fourth-order valence-corrected chi connectivity index (χ4v) is 9.80. The van der Waals surface area contributed by atoms with Crippen LogP contribution in [0.3, 0.4) is 0 Å². The van der Waals surface area contributed by atoms with Crippen molar-refractivity contribution in [2.45, 2.75) is 101 Å². The van der Waals surface area contributed by atoms with Crippen molar-refractivity contribution in [1.82, 2.24) is 9.37 Å². The number of nitrogens with one attached hydrogen (secondary N) is 1. The number of carbonyl (C=O) groups is 1. The summed E-state index contributed by atoms with van der Waals surface area (Å²) in [6.45, 7) is 8.22. The molecule has 46 heavy (non-hydrogen) atoms. The number of hydrogen-bond acceptors (Lipinski definition) is 8. The number of thiophene rings is 1. The highest BCUT2D eigenvalue weighted by Crippen LogP contribution is 2.32. The number of anilines is 1. The van der Waals surface area contributed by atoms with Gasteiger partial charge in [0.05, 0.1) is 22.5 Å². The second-order valence-corrected chi connectivity index (χ2v) is 18.3. The number of para-hydroxylation sites is 1. The quantitative estimate of drug-likeness (QED) is 0.217. The van der Waals surface area contributed by atoms with E-state index < -0.39 is 25.5 Å². The fourth-order valence-electron chi connectivity index (χ4n) is 6.09. The Hall–Kier alpha value is -2.77. The maximum absolute atomic E-state index is 13.7. The molecule has 1 fully saturated rings. The number of rotatable bonds is 11. The minimum atomic E-state index is -3.98. The van der Waals surface area contributed by atoms with E-state index in [0.29, 0.717) is 27.8 Å². The second-order valence-electron chi connectivity index (χ2n) is 13.5. The van der Waals surface area contributed by atoms with Crippen LogP contribution in [0.2, 0.25) is 0 Å². The largest absolute Gasteiger partial charge is 0.367 e. The first-order chi connectivity index (χ1) is 21.7. The number of hydrogen-bond donors (Lipinski definition) is 1. The van der Waals surface area contributed by atoms with Crippen molar-refractivity contribution in [1.29, 1.82) is 0 Å². The topological polar surface area (TPSA) is 113 Å². The van der Waals surface area contributed by atoms with Gasteiger partial charge in [0.15, 0.2) is 0 Å². The molecule has 0 bridgehead atoms. The van der Waals surface area contributed by atoms with Crippen LogP contribution in [0.15, 0.2) is 69.1 Å². The first kappa shape index (κ1) is 34.6. The Morgan fingerprint density at radius 1 is 1.02 bits per heavy atom. The van der Waals surface area contributed by atoms with Gasteiger partial charge in [0.25, 0.3) is 20.0 Å². The number of sulfonamides is 2. The predicted molar refractivity (Wildman–Crippen MR) is 181 cm³/mol. The van der Waals surface area contributed by atoms with Crippen molar-refractivity contribution < 1.29 is 26.5 Å². The zero-order chi connectivity index (χ0) is 33.1. The molecule has 0 radical (unpaired) electrons. The molecular formula is C34H45N3O6S3. The smallest absolute Gasteiger partial charge is 0.330 e. The number of fused-ring (bicyclic) bond motifs is 1. The highest BCUT2D eigenvalue weighted by molar-refractivity contribution is 7.92. The molecule has 1 aromatic heterocycles. The number of benzene rings is 2. The van der Waals surface area contributed by atoms with Crippen LogP contribution < -0.4 is 4.72 Å². The van der Waals surface area contributed by atoms with Crippen molar-refractivity contribution in [3.8, 4) is 0 Å². The zero-order valence-electron chi connectivity index (χ0n) is 27.1. The van der Waals surface area contributed by atoms with Gasteiger partial charge in [0, 0.05) is 19.1 Å². The Kier molecular flexibility index (Phi) is 10.6. The number of carbonyl (C=O) groups excluding carboxylic acids is 1. The van der Waals surface area contributed by atoms with E-state index in [1.54, 1.807) is 46.8 Å². The Bertz CT molecular complexity index is 1730. The van der Waals surface area contributed by atoms with Gasteiger partial charge in [0.2, 0.25) is 0 Å². The molecule has 12 heteroatoms. The summed E-state index contributed by atoms with van der Waals surface area (Å²) in [5, 5.41) is 3.45. The van der Waals surface area contributed by atoms with E-state index in [1.807, 2.05) is 32.9 Å². The van der Waals surface area contributed by atoms with Crippen molar-refractivity contribution in [2.24, 2.45) is 11.3 Å². The Balaban J connectivity index is 1.33. The average Bonchev–Trinajstić information content (AvgIpc) is 3.57. The summed E-state index contributed by atoms with van der Waals surface area (Å²) >= 11 is 1.18. The van der Waals surface area contributed by atoms with E-state index in [2.05, 4.69) is 11.6 Å². The van der Waals surface area contributed by atoms with Crippen LogP contribution in [0.5, 0.6) is 0 Å². The first-order valence-electron chi connectivity index (χ1n) is 16.0. The molecule has 1 aliphatic heterocycles. The third-order valence-electron chi connectivity index (χ3n) is 8.85. The van der Waals surface area contributed by atoms with Gasteiger partial charge >= 0.3 is 5.97 Å². The molecule has 0 saturated heterocycles. The van der Waals surface area contributed by atoms with Gasteiger partial charge < -0.3 is 4.84 Å². The molecule has 1 atom stereocenters. The SMILES string of the molecule is C[C@@H](CC1CCCCC1)N(Cc1ccccc1NS(=O)(=O)c1ccc2c(c1)CCN(S(=O)(=O)c1cccs1)C2)OC(=O)C(C)(C)C. The zero-order valence-corrected chi connectivity index (χ0v) is 29.5. The molecule has 3 aromatic rings. The molecule has 2 heterocycles. The van der Waals surface area contributed by atoms with Crippen molar-refractivity contribution >= 4 is 43.0 Å². The minimum Gasteiger partial charge on any atom is -0.367 e. The van der Waals surface area contributed by atoms with Gasteiger partial charge in [-0.3, -0.25) is 4.72 Å². The van der Waals surface area contributed by atoms with Crippen molar-refractivity contribution in [3.63, 3.8) is 0 Å². The number of hydroxylamine groups is 2. The van der Waals surface area contributed by atoms with E-state index in [1.165, 1.54) is 53.8 Å². The third kappa shape index (κ3) is 8.20. The summed E-state index contributed by atoms with van der Waals surface area (Å²) < 4.78 is 58.0. The van der Waals surface area contributed by atoms with Crippen LogP contribution in [-0.2, 0) is 49.2 Å². The fraction of sp³-hybridized carbons (Fsp3) is 0.500. The lowest BCUT2D eigenvalue weighted by Gasteiger charge is -2.33. The molecule has 1 N–H and O–H groups in total. The molecule has 0 unspecified atom stereocenters. The highest BCUT2D eigenvalue weighted by Gasteiger charge is 2.32. The number of nitrogens with zero attached hydrogens (tertiary/aromatic N) is 2. The summed E-state index contributed by atoms with van der Waals surface area (Å²) in [6, 6.07) is 15.3. The van der Waals surface area contributed by atoms with E-state index in [-0.39, 0.29) is 36.5 Å². The van der Waals surface area contributed by atoms with Crippen LogP contribution in [0.4, 0.5) is 5.69 Å². The van der Waals surface area contributed by atoms with E-state index in [0.717, 1.165) is 17.5 Å². The maximum atomic E-state index is 13.7. The van der Waals surface area contributed by atoms with Gasteiger partial charge in [-0.05, 0) is 92.8 Å². The molecule has 2 aromatic carbocycles. The Morgan fingerprint density at radius 3 is 2.46 bits per heavy atom. The molecule has 1 saturated carbocycles. The summed E-state index contributed by atoms with van der Waals surface area (Å²) in [4.78, 5) is 19.1. The minimum absolute atomic E-state index is 0.0529.